The molecule has 26 heavy (non-hydrogen) atoms. The molecular weight excluding hydrogens is 354 g/mol. The van der Waals surface area contributed by atoms with Crippen molar-refractivity contribution in [2.24, 2.45) is 10.5 Å². The second kappa shape index (κ2) is 8.45. The van der Waals surface area contributed by atoms with Gasteiger partial charge in [-0.2, -0.15) is 5.10 Å². The summed E-state index contributed by atoms with van der Waals surface area (Å²) in [7, 11) is 0. The molecule has 1 aliphatic rings. The molecule has 7 heteroatoms. The maximum absolute atomic E-state index is 12.0. The number of ketones is 1. The number of rotatable bonds is 5. The number of hydrazone groups is 1. The summed E-state index contributed by atoms with van der Waals surface area (Å²) in [6, 6.07) is 5.25. The molecule has 1 aromatic rings. The first kappa shape index (κ1) is 20.1. The van der Waals surface area contributed by atoms with E-state index in [1.54, 1.807) is 18.2 Å². The van der Waals surface area contributed by atoms with Crippen LogP contribution in [0.4, 0.5) is 5.69 Å². The Balaban J connectivity index is 1.81. The first-order valence-electron chi connectivity index (χ1n) is 8.57. The molecule has 0 radical (unpaired) electrons. The van der Waals surface area contributed by atoms with E-state index in [-0.39, 0.29) is 42.3 Å². The highest BCUT2D eigenvalue weighted by Gasteiger charge is 2.30. The minimum atomic E-state index is -0.355. The van der Waals surface area contributed by atoms with Gasteiger partial charge < -0.3 is 5.32 Å². The number of hydrogen-bond donors (Lipinski definition) is 2. The molecule has 1 aliphatic carbocycles. The predicted molar refractivity (Wildman–Crippen MR) is 102 cm³/mol. The molecule has 0 saturated heterocycles. The Hall–Kier alpha value is -2.21. The lowest BCUT2D eigenvalue weighted by atomic mass is 9.76. The van der Waals surface area contributed by atoms with E-state index in [4.69, 9.17) is 11.6 Å². The molecule has 6 nitrogen and oxygen atoms in total. The van der Waals surface area contributed by atoms with E-state index in [9.17, 15) is 14.4 Å². The lowest BCUT2D eigenvalue weighted by Crippen LogP contribution is -2.31. The van der Waals surface area contributed by atoms with Gasteiger partial charge in [-0.3, -0.25) is 14.4 Å². The lowest BCUT2D eigenvalue weighted by Gasteiger charge is -2.28. The number of carbonyl (C=O) groups excluding carboxylic acids is 3. The van der Waals surface area contributed by atoms with Crippen LogP contribution in [0, 0.1) is 12.3 Å². The van der Waals surface area contributed by atoms with Crippen LogP contribution in [-0.2, 0) is 14.4 Å². The number of nitrogens with one attached hydrogen (secondary N) is 2. The number of carbonyl (C=O) groups is 3. The molecule has 1 aromatic carbocycles. The third-order valence-electron chi connectivity index (χ3n) is 4.22. The van der Waals surface area contributed by atoms with E-state index < -0.39 is 0 Å². The molecular formula is C19H24ClN3O3. The van der Waals surface area contributed by atoms with Crippen LogP contribution in [0.1, 0.15) is 51.5 Å². The van der Waals surface area contributed by atoms with Crippen LogP contribution in [0.2, 0.25) is 5.02 Å². The summed E-state index contributed by atoms with van der Waals surface area (Å²) in [5.74, 6) is -0.496. The van der Waals surface area contributed by atoms with Gasteiger partial charge in [-0.05, 0) is 36.5 Å². The van der Waals surface area contributed by atoms with Gasteiger partial charge in [0.2, 0.25) is 11.8 Å². The van der Waals surface area contributed by atoms with Crippen LogP contribution in [0.25, 0.3) is 0 Å². The normalized spacial score (nSPS) is 17.8. The Labute approximate surface area is 158 Å². The molecule has 140 valence electrons. The Morgan fingerprint density at radius 3 is 2.58 bits per heavy atom. The summed E-state index contributed by atoms with van der Waals surface area (Å²) in [4.78, 5) is 35.6. The first-order chi connectivity index (χ1) is 12.2. The standard InChI is InChI=1S/C19H24ClN3O3/c1-12-15(20)5-4-6-16(12)21-17(25)7-8-18(26)23-22-13-9-14(24)11-19(2,3)10-13/h4-6H,7-11H2,1-3H3,(H,21,25)(H,23,26). The molecule has 0 unspecified atom stereocenters. The van der Waals surface area contributed by atoms with Gasteiger partial charge >= 0.3 is 0 Å². The van der Waals surface area contributed by atoms with Crippen LogP contribution >= 0.6 is 11.6 Å². The van der Waals surface area contributed by atoms with Crippen molar-refractivity contribution in [3.8, 4) is 0 Å². The number of amides is 2. The molecule has 0 spiro atoms. The third-order valence-corrected chi connectivity index (χ3v) is 4.63. The van der Waals surface area contributed by atoms with Gasteiger partial charge in [0.25, 0.3) is 0 Å². The number of hydrogen-bond acceptors (Lipinski definition) is 4. The Kier molecular flexibility index (Phi) is 6.53. The number of Topliss-reactive ketones (excluding diaryl/α,β-unsaturated/α-hetero) is 1. The van der Waals surface area contributed by atoms with Crippen molar-refractivity contribution in [3.63, 3.8) is 0 Å². The van der Waals surface area contributed by atoms with Gasteiger partial charge in [-0.15, -0.1) is 0 Å². The zero-order valence-corrected chi connectivity index (χ0v) is 16.1. The molecule has 2 amide bonds. The van der Waals surface area contributed by atoms with E-state index in [1.807, 2.05) is 20.8 Å². The van der Waals surface area contributed by atoms with Gasteiger partial charge in [0.05, 0.1) is 0 Å². The summed E-state index contributed by atoms with van der Waals surface area (Å²) < 4.78 is 0. The topological polar surface area (TPSA) is 87.6 Å². The van der Waals surface area contributed by atoms with E-state index in [0.29, 0.717) is 29.3 Å². The fourth-order valence-corrected chi connectivity index (χ4v) is 3.13. The van der Waals surface area contributed by atoms with E-state index in [0.717, 1.165) is 5.56 Å². The number of halogens is 1. The van der Waals surface area contributed by atoms with Crippen molar-refractivity contribution in [1.82, 2.24) is 5.43 Å². The highest BCUT2D eigenvalue weighted by Crippen LogP contribution is 2.31. The average Bonchev–Trinajstić information content (AvgIpc) is 2.53. The average molecular weight is 378 g/mol. The summed E-state index contributed by atoms with van der Waals surface area (Å²) in [6.45, 7) is 5.82. The number of anilines is 1. The molecule has 0 aliphatic heterocycles. The van der Waals surface area contributed by atoms with Gasteiger partial charge in [0.15, 0.2) is 0 Å². The Morgan fingerprint density at radius 2 is 1.88 bits per heavy atom. The zero-order chi connectivity index (χ0) is 19.3. The Morgan fingerprint density at radius 1 is 1.19 bits per heavy atom. The molecule has 0 heterocycles. The zero-order valence-electron chi connectivity index (χ0n) is 15.3. The second-order valence-corrected chi connectivity index (χ2v) is 7.81. The molecule has 1 saturated carbocycles. The molecule has 0 bridgehead atoms. The third kappa shape index (κ3) is 5.95. The molecule has 0 aromatic heterocycles. The van der Waals surface area contributed by atoms with Gasteiger partial charge in [0, 0.05) is 42.1 Å². The van der Waals surface area contributed by atoms with Crippen LogP contribution in [0.5, 0.6) is 0 Å². The van der Waals surface area contributed by atoms with E-state index >= 15 is 0 Å². The minimum absolute atomic E-state index is 0.0135. The SMILES string of the molecule is Cc1c(Cl)cccc1NC(=O)CCC(=O)NN=C1CC(=O)CC(C)(C)C1. The van der Waals surface area contributed by atoms with Crippen LogP contribution in [-0.4, -0.2) is 23.3 Å². The fraction of sp³-hybridized carbons (Fsp3) is 0.474. The quantitative estimate of drug-likeness (QED) is 0.768. The number of nitrogens with zero attached hydrogens (tertiary/aromatic N) is 1. The van der Waals surface area contributed by atoms with Crippen molar-refractivity contribution in [2.45, 2.75) is 52.9 Å². The van der Waals surface area contributed by atoms with Crippen LogP contribution in [0.15, 0.2) is 23.3 Å². The Bertz CT molecular complexity index is 756. The van der Waals surface area contributed by atoms with Crippen molar-refractivity contribution in [1.29, 1.82) is 0 Å². The number of benzene rings is 1. The van der Waals surface area contributed by atoms with Crippen LogP contribution < -0.4 is 10.7 Å². The minimum Gasteiger partial charge on any atom is -0.326 e. The predicted octanol–water partition coefficient (Wildman–Crippen LogP) is 3.62. The molecule has 2 rings (SSSR count). The van der Waals surface area contributed by atoms with E-state index in [2.05, 4.69) is 15.8 Å². The summed E-state index contributed by atoms with van der Waals surface area (Å²) in [6.07, 6.45) is 1.53. The monoisotopic (exact) mass is 377 g/mol. The second-order valence-electron chi connectivity index (χ2n) is 7.41. The highest BCUT2D eigenvalue weighted by molar-refractivity contribution is 6.31. The maximum Gasteiger partial charge on any atom is 0.240 e. The summed E-state index contributed by atoms with van der Waals surface area (Å²) in [5.41, 5.74) is 4.41. The van der Waals surface area contributed by atoms with E-state index in [1.165, 1.54) is 0 Å². The molecule has 0 atom stereocenters. The molecule has 2 N–H and O–H groups in total. The van der Waals surface area contributed by atoms with Crippen LogP contribution in [0.3, 0.4) is 0 Å². The van der Waals surface area contributed by atoms with Crippen molar-refractivity contribution in [2.75, 3.05) is 5.32 Å². The van der Waals surface area contributed by atoms with Crippen molar-refractivity contribution < 1.29 is 14.4 Å². The largest absolute Gasteiger partial charge is 0.326 e. The lowest BCUT2D eigenvalue weighted by molar-refractivity contribution is -0.124. The van der Waals surface area contributed by atoms with Crippen molar-refractivity contribution >= 4 is 40.6 Å². The van der Waals surface area contributed by atoms with Gasteiger partial charge in [-0.25, -0.2) is 5.43 Å². The maximum atomic E-state index is 12.0. The summed E-state index contributed by atoms with van der Waals surface area (Å²) in [5, 5.41) is 7.38. The smallest absolute Gasteiger partial charge is 0.240 e. The van der Waals surface area contributed by atoms with Gasteiger partial charge in [0.1, 0.15) is 5.78 Å². The summed E-state index contributed by atoms with van der Waals surface area (Å²) >= 11 is 6.02. The van der Waals surface area contributed by atoms with Crippen molar-refractivity contribution in [3.05, 3.63) is 28.8 Å². The fourth-order valence-electron chi connectivity index (χ4n) is 2.96. The highest BCUT2D eigenvalue weighted by atomic mass is 35.5. The van der Waals surface area contributed by atoms with Gasteiger partial charge in [-0.1, -0.05) is 31.5 Å². The molecule has 1 fully saturated rings. The first-order valence-corrected chi connectivity index (χ1v) is 8.95.